The van der Waals surface area contributed by atoms with Crippen LogP contribution in [0.4, 0.5) is 0 Å². The molecule has 3 aromatic carbocycles. The molecule has 1 aromatic heterocycles. The van der Waals surface area contributed by atoms with Crippen molar-refractivity contribution in [2.24, 2.45) is 5.73 Å². The molecule has 0 aliphatic rings. The second-order valence-electron chi connectivity index (χ2n) is 9.19. The molecular formula is C27H29NO3Si. The lowest BCUT2D eigenvalue weighted by atomic mass is 10.1. The molecule has 1 amide bonds. The summed E-state index contributed by atoms with van der Waals surface area (Å²) in [6.07, 6.45) is 1.78. The Labute approximate surface area is 190 Å². The molecular weight excluding hydrogens is 414 g/mol. The van der Waals surface area contributed by atoms with Crippen LogP contribution in [0.1, 0.15) is 31.9 Å². The third kappa shape index (κ3) is 4.14. The molecule has 5 heteroatoms. The normalized spacial score (nSPS) is 12.2. The van der Waals surface area contributed by atoms with Crippen LogP contribution in [0.3, 0.4) is 0 Å². The van der Waals surface area contributed by atoms with Gasteiger partial charge in [-0.15, -0.1) is 0 Å². The van der Waals surface area contributed by atoms with Crippen molar-refractivity contribution in [3.05, 3.63) is 96.3 Å². The lowest BCUT2D eigenvalue weighted by molar-refractivity contribution is -0.117. The standard InChI is InChI=1S/C27H29NO3Si/c1-27(2,3)32(22-10-6-4-7-11-22,23-12-8-5-9-13-23)31-18-20-14-15-24-21(17-26(28)29)19-30-25(24)16-20/h4-16,19H,17-18H2,1-3H3,(H2,28,29). The lowest BCUT2D eigenvalue weighted by Gasteiger charge is -2.43. The first-order valence-electron chi connectivity index (χ1n) is 10.8. The summed E-state index contributed by atoms with van der Waals surface area (Å²) in [6.45, 7) is 7.27. The van der Waals surface area contributed by atoms with Gasteiger partial charge in [0.1, 0.15) is 5.58 Å². The Balaban J connectivity index is 1.73. The van der Waals surface area contributed by atoms with Crippen molar-refractivity contribution in [3.63, 3.8) is 0 Å². The second-order valence-corrected chi connectivity index (χ2v) is 13.5. The summed E-state index contributed by atoms with van der Waals surface area (Å²) in [5, 5.41) is 3.33. The molecule has 0 saturated heterocycles. The van der Waals surface area contributed by atoms with E-state index in [9.17, 15) is 4.79 Å². The molecule has 0 fully saturated rings. The number of rotatable bonds is 7. The first-order valence-corrected chi connectivity index (χ1v) is 12.7. The number of nitrogens with two attached hydrogens (primary N) is 1. The van der Waals surface area contributed by atoms with Gasteiger partial charge >= 0.3 is 0 Å². The largest absolute Gasteiger partial charge is 0.464 e. The highest BCUT2D eigenvalue weighted by Gasteiger charge is 2.50. The summed E-state index contributed by atoms with van der Waals surface area (Å²) in [7, 11) is -2.61. The summed E-state index contributed by atoms with van der Waals surface area (Å²) in [4.78, 5) is 11.3. The fraction of sp³-hybridized carbons (Fsp3) is 0.222. The summed E-state index contributed by atoms with van der Waals surface area (Å²) in [5.41, 5.74) is 7.94. The second kappa shape index (κ2) is 8.77. The Morgan fingerprint density at radius 2 is 1.53 bits per heavy atom. The van der Waals surface area contributed by atoms with Gasteiger partial charge in [0.15, 0.2) is 0 Å². The van der Waals surface area contributed by atoms with E-state index >= 15 is 0 Å². The van der Waals surface area contributed by atoms with E-state index in [0.717, 1.165) is 22.1 Å². The molecule has 1 heterocycles. The summed E-state index contributed by atoms with van der Waals surface area (Å²) in [6, 6.07) is 27.2. The molecule has 32 heavy (non-hydrogen) atoms. The highest BCUT2D eigenvalue weighted by molar-refractivity contribution is 6.99. The molecule has 4 aromatic rings. The predicted molar refractivity (Wildman–Crippen MR) is 132 cm³/mol. The quantitative estimate of drug-likeness (QED) is 0.427. The fourth-order valence-corrected chi connectivity index (χ4v) is 9.03. The van der Waals surface area contributed by atoms with E-state index in [1.807, 2.05) is 30.3 Å². The van der Waals surface area contributed by atoms with Gasteiger partial charge in [-0.2, -0.15) is 0 Å². The zero-order chi connectivity index (χ0) is 22.8. The Kier molecular flexibility index (Phi) is 6.04. The molecule has 4 rings (SSSR count). The van der Waals surface area contributed by atoms with Crippen LogP contribution in [0.5, 0.6) is 0 Å². The number of hydrogen-bond acceptors (Lipinski definition) is 3. The van der Waals surface area contributed by atoms with E-state index in [2.05, 4.69) is 69.3 Å². The van der Waals surface area contributed by atoms with E-state index in [4.69, 9.17) is 14.6 Å². The van der Waals surface area contributed by atoms with Crippen LogP contribution in [0.25, 0.3) is 11.0 Å². The average molecular weight is 444 g/mol. The van der Waals surface area contributed by atoms with Crippen molar-refractivity contribution in [1.29, 1.82) is 0 Å². The Hall–Kier alpha value is -3.15. The first kappa shape index (κ1) is 22.1. The molecule has 2 N–H and O–H groups in total. The van der Waals surface area contributed by atoms with Gasteiger partial charge in [0.25, 0.3) is 8.32 Å². The van der Waals surface area contributed by atoms with E-state index in [1.54, 1.807) is 6.26 Å². The molecule has 0 spiro atoms. The summed E-state index contributed by atoms with van der Waals surface area (Å²) in [5.74, 6) is -0.369. The lowest BCUT2D eigenvalue weighted by Crippen LogP contribution is -2.66. The number of benzene rings is 3. The maximum absolute atomic E-state index is 11.3. The molecule has 0 bridgehead atoms. The third-order valence-corrected chi connectivity index (χ3v) is 10.9. The third-order valence-electron chi connectivity index (χ3n) is 5.96. The van der Waals surface area contributed by atoms with E-state index in [-0.39, 0.29) is 17.4 Å². The number of primary amides is 1. The topological polar surface area (TPSA) is 65.5 Å². The monoisotopic (exact) mass is 443 g/mol. The van der Waals surface area contributed by atoms with Gasteiger partial charge in [-0.05, 0) is 27.0 Å². The number of fused-ring (bicyclic) bond motifs is 1. The highest BCUT2D eigenvalue weighted by Crippen LogP contribution is 2.37. The number of amides is 1. The number of furan rings is 1. The van der Waals surface area contributed by atoms with Crippen LogP contribution in [0, 0.1) is 0 Å². The van der Waals surface area contributed by atoms with Crippen molar-refractivity contribution in [2.45, 2.75) is 38.8 Å². The number of carbonyl (C=O) groups is 1. The minimum absolute atomic E-state index is 0.0842. The van der Waals surface area contributed by atoms with Gasteiger partial charge in [-0.1, -0.05) is 93.6 Å². The maximum Gasteiger partial charge on any atom is 0.261 e. The highest BCUT2D eigenvalue weighted by atomic mass is 28.4. The number of hydrogen-bond donors (Lipinski definition) is 1. The molecule has 0 atom stereocenters. The zero-order valence-corrected chi connectivity index (χ0v) is 19.8. The van der Waals surface area contributed by atoms with Gasteiger partial charge in [0.2, 0.25) is 5.91 Å². The van der Waals surface area contributed by atoms with Gasteiger partial charge in [0, 0.05) is 10.9 Å². The van der Waals surface area contributed by atoms with Crippen LogP contribution in [0.2, 0.25) is 5.04 Å². The van der Waals surface area contributed by atoms with Crippen molar-refractivity contribution >= 4 is 35.6 Å². The van der Waals surface area contributed by atoms with Gasteiger partial charge in [-0.3, -0.25) is 4.79 Å². The molecule has 0 unspecified atom stereocenters. The molecule has 4 nitrogen and oxygen atoms in total. The van der Waals surface area contributed by atoms with Crippen molar-refractivity contribution in [3.8, 4) is 0 Å². The van der Waals surface area contributed by atoms with E-state index in [1.165, 1.54) is 10.4 Å². The van der Waals surface area contributed by atoms with E-state index in [0.29, 0.717) is 6.61 Å². The average Bonchev–Trinajstić information content (AvgIpc) is 3.16. The molecule has 0 aliphatic heterocycles. The minimum atomic E-state index is -2.61. The Morgan fingerprint density at radius 1 is 0.938 bits per heavy atom. The SMILES string of the molecule is CC(C)(C)[Si](OCc1ccc2c(CC(N)=O)coc2c1)(c1ccccc1)c1ccccc1. The van der Waals surface area contributed by atoms with Gasteiger partial charge < -0.3 is 14.6 Å². The van der Waals surface area contributed by atoms with Gasteiger partial charge in [-0.25, -0.2) is 0 Å². The van der Waals surface area contributed by atoms with Crippen molar-refractivity contribution in [2.75, 3.05) is 0 Å². The van der Waals surface area contributed by atoms with Crippen LogP contribution < -0.4 is 16.1 Å². The van der Waals surface area contributed by atoms with Crippen molar-refractivity contribution in [1.82, 2.24) is 0 Å². The molecule has 0 radical (unpaired) electrons. The van der Waals surface area contributed by atoms with Crippen LogP contribution >= 0.6 is 0 Å². The Morgan fingerprint density at radius 3 is 2.06 bits per heavy atom. The summed E-state index contributed by atoms with van der Waals surface area (Å²) < 4.78 is 12.7. The first-order chi connectivity index (χ1) is 15.3. The number of carbonyl (C=O) groups excluding carboxylic acids is 1. The minimum Gasteiger partial charge on any atom is -0.464 e. The van der Waals surface area contributed by atoms with E-state index < -0.39 is 8.32 Å². The smallest absolute Gasteiger partial charge is 0.261 e. The fourth-order valence-electron chi connectivity index (χ4n) is 4.50. The molecule has 164 valence electrons. The van der Waals surface area contributed by atoms with Crippen molar-refractivity contribution < 1.29 is 13.6 Å². The Bertz CT molecular complexity index is 1170. The van der Waals surface area contributed by atoms with Crippen LogP contribution in [-0.4, -0.2) is 14.2 Å². The van der Waals surface area contributed by atoms with Crippen LogP contribution in [0.15, 0.2) is 89.5 Å². The van der Waals surface area contributed by atoms with Gasteiger partial charge in [0.05, 0.1) is 19.3 Å². The predicted octanol–water partition coefficient (Wildman–Crippen LogP) is 4.54. The molecule has 0 aliphatic carbocycles. The maximum atomic E-state index is 11.3. The zero-order valence-electron chi connectivity index (χ0n) is 18.8. The van der Waals surface area contributed by atoms with Crippen LogP contribution in [-0.2, 0) is 22.2 Å². The molecule has 0 saturated carbocycles. The summed E-state index contributed by atoms with van der Waals surface area (Å²) >= 11 is 0.